The predicted octanol–water partition coefficient (Wildman–Crippen LogP) is 3.39. The number of phenolic OH excluding ortho intramolecular Hbond substituents is 1. The van der Waals surface area contributed by atoms with Gasteiger partial charge in [-0.3, -0.25) is 9.11 Å². The van der Waals surface area contributed by atoms with Crippen molar-refractivity contribution in [1.82, 2.24) is 0 Å². The number of nitrogens with zero attached hydrogens (tertiary/aromatic N) is 2. The Morgan fingerprint density at radius 2 is 1.50 bits per heavy atom. The molecule has 3 aromatic rings. The largest absolute Gasteiger partial charge is 0.506 e. The van der Waals surface area contributed by atoms with E-state index in [0.717, 1.165) is 6.07 Å². The summed E-state index contributed by atoms with van der Waals surface area (Å²) >= 11 is 0. The third-order valence-corrected chi connectivity index (χ3v) is 4.80. The highest BCUT2D eigenvalue weighted by Crippen LogP contribution is 2.37. The number of phenols is 1. The molecule has 0 aliphatic rings. The molecule has 0 heterocycles. The molecule has 0 unspecified atom stereocenters. The van der Waals surface area contributed by atoms with Crippen molar-refractivity contribution in [3.05, 3.63) is 54.6 Å². The molecule has 0 atom stereocenters. The lowest BCUT2D eigenvalue weighted by Crippen LogP contribution is -2.06. The van der Waals surface area contributed by atoms with Gasteiger partial charge in [0.15, 0.2) is 0 Å². The molecule has 0 radical (unpaired) electrons. The van der Waals surface area contributed by atoms with Crippen LogP contribution >= 0.6 is 0 Å². The lowest BCUT2D eigenvalue weighted by molar-refractivity contribution is 0.387. The molecular weight excluding hydrogens is 412 g/mol. The molecule has 12 heteroatoms. The number of rotatable bonds is 5. The van der Waals surface area contributed by atoms with Crippen LogP contribution < -0.4 is 4.18 Å². The minimum Gasteiger partial charge on any atom is -0.506 e. The van der Waals surface area contributed by atoms with Gasteiger partial charge in [-0.25, -0.2) is 0 Å². The molecule has 0 saturated heterocycles. The smallest absolute Gasteiger partial charge is 0.446 e. The summed E-state index contributed by atoms with van der Waals surface area (Å²) in [6.07, 6.45) is 0. The van der Waals surface area contributed by atoms with Gasteiger partial charge in [0.1, 0.15) is 17.2 Å². The highest BCUT2D eigenvalue weighted by atomic mass is 32.3. The van der Waals surface area contributed by atoms with Crippen LogP contribution in [0.2, 0.25) is 0 Å². The Morgan fingerprint density at radius 3 is 2.11 bits per heavy atom. The van der Waals surface area contributed by atoms with Crippen molar-refractivity contribution in [1.29, 1.82) is 0 Å². The quantitative estimate of drug-likeness (QED) is 0.414. The molecule has 0 fully saturated rings. The lowest BCUT2D eigenvalue weighted by Gasteiger charge is -2.06. The van der Waals surface area contributed by atoms with Crippen LogP contribution in [-0.4, -0.2) is 31.0 Å². The van der Waals surface area contributed by atoms with Gasteiger partial charge in [-0.1, -0.05) is 12.1 Å². The van der Waals surface area contributed by atoms with Crippen molar-refractivity contribution in [2.24, 2.45) is 10.2 Å². The minimum absolute atomic E-state index is 0.0673. The summed E-state index contributed by atoms with van der Waals surface area (Å²) in [6.45, 7) is 0. The first-order valence-corrected chi connectivity index (χ1v) is 10.3. The Balaban J connectivity index is 1.96. The van der Waals surface area contributed by atoms with Gasteiger partial charge < -0.3 is 9.29 Å². The molecule has 0 spiro atoms. The van der Waals surface area contributed by atoms with E-state index >= 15 is 0 Å². The van der Waals surface area contributed by atoms with E-state index < -0.39 is 20.5 Å². The number of azo groups is 1. The summed E-state index contributed by atoms with van der Waals surface area (Å²) in [5.41, 5.74) is 0.353. The van der Waals surface area contributed by atoms with Gasteiger partial charge in [0.2, 0.25) is 0 Å². The third kappa shape index (κ3) is 4.61. The Bertz CT molecular complexity index is 1280. The molecule has 0 aliphatic carbocycles. The topological polar surface area (TPSA) is 163 Å². The molecule has 0 saturated carbocycles. The van der Waals surface area contributed by atoms with Crippen LogP contribution in [0, 0.1) is 0 Å². The maximum Gasteiger partial charge on any atom is 0.446 e. The van der Waals surface area contributed by atoms with Gasteiger partial charge in [0.25, 0.3) is 10.1 Å². The van der Waals surface area contributed by atoms with Crippen molar-refractivity contribution in [2.45, 2.75) is 4.90 Å². The molecule has 3 rings (SSSR count). The highest BCUT2D eigenvalue weighted by Gasteiger charge is 2.13. The summed E-state index contributed by atoms with van der Waals surface area (Å²) in [6, 6.07) is 11.7. The van der Waals surface area contributed by atoms with E-state index in [-0.39, 0.29) is 27.8 Å². The number of benzene rings is 3. The van der Waals surface area contributed by atoms with Crippen LogP contribution in [0.15, 0.2) is 69.7 Å². The second-order valence-corrected chi connectivity index (χ2v) is 7.94. The van der Waals surface area contributed by atoms with Gasteiger partial charge >= 0.3 is 10.4 Å². The monoisotopic (exact) mass is 424 g/mol. The molecule has 0 aromatic heterocycles. The van der Waals surface area contributed by atoms with E-state index in [9.17, 15) is 21.9 Å². The standard InChI is InChI=1S/C16H12N2O8S2/c19-15-8-1-10-9-13(27(20,21)22)6-7-14(10)16(15)18-17-11-2-4-12(5-3-11)26-28(23,24)25/h1-9,19H,(H,20,21,22)(H,23,24,25). The van der Waals surface area contributed by atoms with Crippen molar-refractivity contribution < 1.29 is 35.2 Å². The number of fused-ring (bicyclic) bond motifs is 1. The Hall–Kier alpha value is -3.06. The predicted molar refractivity (Wildman–Crippen MR) is 98.2 cm³/mol. The molecule has 146 valence electrons. The zero-order valence-corrected chi connectivity index (χ0v) is 15.4. The summed E-state index contributed by atoms with van der Waals surface area (Å²) in [5, 5.41) is 18.7. The molecule has 0 aliphatic heterocycles. The van der Waals surface area contributed by atoms with E-state index in [1.54, 1.807) is 0 Å². The van der Waals surface area contributed by atoms with Crippen LogP contribution in [0.1, 0.15) is 0 Å². The summed E-state index contributed by atoms with van der Waals surface area (Å²) in [4.78, 5) is -0.303. The first kappa shape index (κ1) is 19.7. The maximum atomic E-state index is 11.3. The zero-order chi connectivity index (χ0) is 20.5. The van der Waals surface area contributed by atoms with Gasteiger partial charge in [0, 0.05) is 5.39 Å². The number of aromatic hydroxyl groups is 1. The molecular formula is C16H12N2O8S2. The van der Waals surface area contributed by atoms with Crippen LogP contribution in [0.4, 0.5) is 11.4 Å². The first-order chi connectivity index (χ1) is 13.0. The second-order valence-electron chi connectivity index (χ2n) is 5.50. The average Bonchev–Trinajstić information content (AvgIpc) is 2.59. The second kappa shape index (κ2) is 7.16. The van der Waals surface area contributed by atoms with E-state index in [4.69, 9.17) is 9.11 Å². The SMILES string of the molecule is O=S(=O)(O)Oc1ccc(N=Nc2c(O)ccc3cc(S(=O)(=O)O)ccc23)cc1. The summed E-state index contributed by atoms with van der Waals surface area (Å²) in [5.74, 6) is -0.339. The average molecular weight is 424 g/mol. The summed E-state index contributed by atoms with van der Waals surface area (Å²) < 4.78 is 65.9. The fourth-order valence-electron chi connectivity index (χ4n) is 2.34. The Labute approximate surface area is 159 Å². The van der Waals surface area contributed by atoms with Gasteiger partial charge in [-0.2, -0.15) is 21.9 Å². The van der Waals surface area contributed by atoms with Crippen LogP contribution in [0.25, 0.3) is 10.8 Å². The lowest BCUT2D eigenvalue weighted by atomic mass is 10.1. The molecule has 0 amide bonds. The molecule has 3 N–H and O–H groups in total. The zero-order valence-electron chi connectivity index (χ0n) is 13.8. The molecule has 10 nitrogen and oxygen atoms in total. The van der Waals surface area contributed by atoms with E-state index in [1.165, 1.54) is 48.5 Å². The molecule has 3 aromatic carbocycles. The molecule has 28 heavy (non-hydrogen) atoms. The van der Waals surface area contributed by atoms with Crippen LogP contribution in [0.5, 0.6) is 11.5 Å². The van der Waals surface area contributed by atoms with Gasteiger partial charge in [0.05, 0.1) is 10.6 Å². The van der Waals surface area contributed by atoms with Crippen molar-refractivity contribution in [3.8, 4) is 11.5 Å². The Morgan fingerprint density at radius 1 is 0.821 bits per heavy atom. The Kier molecular flexibility index (Phi) is 5.04. The number of hydrogen-bond acceptors (Lipinski definition) is 8. The summed E-state index contributed by atoms with van der Waals surface area (Å²) in [7, 11) is -9.02. The normalized spacial score (nSPS) is 12.5. The number of hydrogen-bond donors (Lipinski definition) is 3. The maximum absolute atomic E-state index is 11.3. The minimum atomic E-state index is -4.64. The van der Waals surface area contributed by atoms with Gasteiger partial charge in [-0.05, 0) is 47.9 Å². The van der Waals surface area contributed by atoms with Crippen LogP contribution in [-0.2, 0) is 20.5 Å². The fraction of sp³-hybridized carbons (Fsp3) is 0. The van der Waals surface area contributed by atoms with Crippen LogP contribution in [0.3, 0.4) is 0 Å². The van der Waals surface area contributed by atoms with E-state index in [1.807, 2.05) is 0 Å². The highest BCUT2D eigenvalue weighted by molar-refractivity contribution is 7.85. The van der Waals surface area contributed by atoms with E-state index in [2.05, 4.69) is 14.4 Å². The van der Waals surface area contributed by atoms with E-state index in [0.29, 0.717) is 10.8 Å². The van der Waals surface area contributed by atoms with Gasteiger partial charge in [-0.15, -0.1) is 5.11 Å². The van der Waals surface area contributed by atoms with Crippen molar-refractivity contribution in [2.75, 3.05) is 0 Å². The van der Waals surface area contributed by atoms with Crippen molar-refractivity contribution in [3.63, 3.8) is 0 Å². The first-order valence-electron chi connectivity index (χ1n) is 7.45. The van der Waals surface area contributed by atoms with Crippen molar-refractivity contribution >= 4 is 42.7 Å². The molecule has 0 bridgehead atoms. The fourth-order valence-corrected chi connectivity index (χ4v) is 3.21. The third-order valence-electron chi connectivity index (χ3n) is 3.54.